The van der Waals surface area contributed by atoms with Crippen molar-refractivity contribution in [1.29, 1.82) is 0 Å². The highest BCUT2D eigenvalue weighted by Gasteiger charge is 2.22. The van der Waals surface area contributed by atoms with Crippen molar-refractivity contribution < 1.29 is 22.1 Å². The van der Waals surface area contributed by atoms with Gasteiger partial charge in [0.05, 0.1) is 38.0 Å². The third kappa shape index (κ3) is 4.64. The zero-order valence-electron chi connectivity index (χ0n) is 12.9. The molecule has 1 heterocycles. The Morgan fingerprint density at radius 1 is 1.30 bits per heavy atom. The van der Waals surface area contributed by atoms with Gasteiger partial charge in [-0.1, -0.05) is 30.3 Å². The number of aromatic nitrogens is 2. The van der Waals surface area contributed by atoms with Crippen LogP contribution in [0.5, 0.6) is 0 Å². The largest absolute Gasteiger partial charge is 0.461 e. The van der Waals surface area contributed by atoms with Gasteiger partial charge in [-0.25, -0.2) is 9.78 Å². The van der Waals surface area contributed by atoms with Crippen LogP contribution in [-0.2, 0) is 19.0 Å². The molecule has 0 aliphatic rings. The fraction of sp³-hybridized carbons (Fsp3) is 0.333. The van der Waals surface area contributed by atoms with Crippen molar-refractivity contribution in [1.82, 2.24) is 9.55 Å². The summed E-state index contributed by atoms with van der Waals surface area (Å²) in [5, 5.41) is 0. The average Bonchev–Trinajstić information content (AvgIpc) is 2.97. The normalized spacial score (nSPS) is 12.8. The summed E-state index contributed by atoms with van der Waals surface area (Å²) in [4.78, 5) is 16.0. The number of nitrogens with zero attached hydrogens (tertiary/aromatic N) is 2. The molecule has 0 saturated carbocycles. The molecule has 0 spiro atoms. The van der Waals surface area contributed by atoms with Crippen LogP contribution >= 0.6 is 0 Å². The first kappa shape index (κ1) is 17.2. The van der Waals surface area contributed by atoms with Crippen molar-refractivity contribution in [3.63, 3.8) is 0 Å². The number of hydrogen-bond donors (Lipinski definition) is 0. The van der Waals surface area contributed by atoms with Crippen LogP contribution in [0.3, 0.4) is 0 Å². The van der Waals surface area contributed by atoms with Gasteiger partial charge in [0.1, 0.15) is 5.69 Å². The van der Waals surface area contributed by atoms with E-state index in [1.165, 1.54) is 12.5 Å². The van der Waals surface area contributed by atoms with Crippen LogP contribution in [0.15, 0.2) is 42.9 Å². The number of rotatable bonds is 7. The Bertz CT molecular complexity index is 755. The van der Waals surface area contributed by atoms with Gasteiger partial charge in [-0.3, -0.25) is 4.18 Å². The highest BCUT2D eigenvalue weighted by atomic mass is 32.2. The fourth-order valence-electron chi connectivity index (χ4n) is 2.12. The highest BCUT2D eigenvalue weighted by Crippen LogP contribution is 2.21. The number of carbonyl (C=O) groups is 1. The summed E-state index contributed by atoms with van der Waals surface area (Å²) in [5.74, 6) is -0.523. The molecule has 7 nitrogen and oxygen atoms in total. The van der Waals surface area contributed by atoms with E-state index in [1.807, 2.05) is 30.3 Å². The lowest BCUT2D eigenvalue weighted by molar-refractivity contribution is 0.0511. The molecule has 1 atom stereocenters. The van der Waals surface area contributed by atoms with Gasteiger partial charge in [-0.15, -0.1) is 0 Å². The van der Waals surface area contributed by atoms with Crippen molar-refractivity contribution in [2.45, 2.75) is 13.0 Å². The number of carbonyl (C=O) groups excluding carboxylic acids is 1. The zero-order valence-corrected chi connectivity index (χ0v) is 13.7. The van der Waals surface area contributed by atoms with Gasteiger partial charge in [-0.05, 0) is 12.5 Å². The molecule has 0 amide bonds. The topological polar surface area (TPSA) is 87.5 Å². The van der Waals surface area contributed by atoms with Crippen LogP contribution in [0.1, 0.15) is 29.0 Å². The van der Waals surface area contributed by atoms with Crippen LogP contribution in [0.4, 0.5) is 0 Å². The summed E-state index contributed by atoms with van der Waals surface area (Å²) < 4.78 is 34.1. The highest BCUT2D eigenvalue weighted by molar-refractivity contribution is 7.85. The van der Waals surface area contributed by atoms with Crippen LogP contribution < -0.4 is 0 Å². The fourth-order valence-corrected chi connectivity index (χ4v) is 2.49. The van der Waals surface area contributed by atoms with E-state index in [0.717, 1.165) is 11.8 Å². The smallest absolute Gasteiger partial charge is 0.356 e. The lowest BCUT2D eigenvalue weighted by Gasteiger charge is -2.20. The number of hydrogen-bond acceptors (Lipinski definition) is 6. The maximum Gasteiger partial charge on any atom is 0.356 e. The Kier molecular flexibility index (Phi) is 5.51. The molecule has 0 saturated heterocycles. The summed E-state index contributed by atoms with van der Waals surface area (Å²) >= 11 is 0. The number of imidazole rings is 1. The van der Waals surface area contributed by atoms with Gasteiger partial charge in [0.2, 0.25) is 0 Å². The molecule has 23 heavy (non-hydrogen) atoms. The Labute approximate surface area is 135 Å². The molecule has 0 radical (unpaired) electrons. The Morgan fingerprint density at radius 3 is 2.61 bits per heavy atom. The third-order valence-electron chi connectivity index (χ3n) is 3.11. The predicted octanol–water partition coefficient (Wildman–Crippen LogP) is 1.63. The Morgan fingerprint density at radius 2 is 2.00 bits per heavy atom. The van der Waals surface area contributed by atoms with Gasteiger partial charge in [-0.2, -0.15) is 8.42 Å². The second-order valence-electron chi connectivity index (χ2n) is 4.82. The molecule has 1 unspecified atom stereocenters. The first-order valence-electron chi connectivity index (χ1n) is 7.00. The molecule has 124 valence electrons. The molecule has 0 N–H and O–H groups in total. The van der Waals surface area contributed by atoms with Crippen LogP contribution in [-0.4, -0.2) is 43.4 Å². The molecule has 1 aromatic heterocycles. The Balaban J connectivity index is 2.38. The molecule has 8 heteroatoms. The van der Waals surface area contributed by atoms with Gasteiger partial charge < -0.3 is 9.30 Å². The van der Waals surface area contributed by atoms with Crippen molar-refractivity contribution in [3.8, 4) is 0 Å². The van der Waals surface area contributed by atoms with E-state index >= 15 is 0 Å². The van der Waals surface area contributed by atoms with Gasteiger partial charge in [0.25, 0.3) is 10.1 Å². The van der Waals surface area contributed by atoms with Crippen LogP contribution in [0, 0.1) is 0 Å². The Hall–Kier alpha value is -2.19. The molecule has 0 aliphatic heterocycles. The van der Waals surface area contributed by atoms with Crippen molar-refractivity contribution >= 4 is 16.1 Å². The van der Waals surface area contributed by atoms with Crippen molar-refractivity contribution in [2.75, 3.05) is 19.5 Å². The minimum Gasteiger partial charge on any atom is -0.461 e. The monoisotopic (exact) mass is 338 g/mol. The van der Waals surface area contributed by atoms with E-state index in [-0.39, 0.29) is 18.9 Å². The second-order valence-corrected chi connectivity index (χ2v) is 6.47. The second kappa shape index (κ2) is 7.38. The van der Waals surface area contributed by atoms with Crippen LogP contribution in [0.2, 0.25) is 0 Å². The maximum absolute atomic E-state index is 12.0. The van der Waals surface area contributed by atoms with E-state index in [2.05, 4.69) is 4.98 Å². The summed E-state index contributed by atoms with van der Waals surface area (Å²) in [7, 11) is -3.61. The summed E-state index contributed by atoms with van der Waals surface area (Å²) in [6.45, 7) is 1.80. The quantitative estimate of drug-likeness (QED) is 0.563. The first-order valence-corrected chi connectivity index (χ1v) is 8.82. The van der Waals surface area contributed by atoms with E-state index < -0.39 is 22.1 Å². The van der Waals surface area contributed by atoms with Gasteiger partial charge in [0, 0.05) is 0 Å². The number of esters is 1. The minimum absolute atomic E-state index is 0.147. The van der Waals surface area contributed by atoms with Gasteiger partial charge >= 0.3 is 5.97 Å². The van der Waals surface area contributed by atoms with E-state index in [0.29, 0.717) is 0 Å². The third-order valence-corrected chi connectivity index (χ3v) is 3.67. The maximum atomic E-state index is 12.0. The lowest BCUT2D eigenvalue weighted by Crippen LogP contribution is -2.22. The molecule has 2 rings (SSSR count). The number of benzene rings is 1. The van der Waals surface area contributed by atoms with Crippen LogP contribution in [0.25, 0.3) is 0 Å². The van der Waals surface area contributed by atoms with Crippen molar-refractivity contribution in [2.24, 2.45) is 0 Å². The summed E-state index contributed by atoms with van der Waals surface area (Å²) in [6.07, 6.45) is 3.82. The van der Waals surface area contributed by atoms with E-state index in [1.54, 1.807) is 11.5 Å². The summed E-state index contributed by atoms with van der Waals surface area (Å²) in [5.41, 5.74) is 1.03. The van der Waals surface area contributed by atoms with E-state index in [4.69, 9.17) is 8.92 Å². The minimum atomic E-state index is -3.61. The first-order chi connectivity index (χ1) is 10.9. The van der Waals surface area contributed by atoms with Gasteiger partial charge in [0.15, 0.2) is 0 Å². The summed E-state index contributed by atoms with van der Waals surface area (Å²) in [6, 6.07) is 8.62. The lowest BCUT2D eigenvalue weighted by atomic mass is 10.1. The number of ether oxygens (including phenoxy) is 1. The molecule has 0 aliphatic carbocycles. The SMILES string of the molecule is CCOC(=O)c1cncn1C(COS(C)(=O)=O)c1ccccc1. The average molecular weight is 338 g/mol. The molecule has 0 bridgehead atoms. The molecule has 1 aromatic carbocycles. The molecule has 2 aromatic rings. The standard InChI is InChI=1S/C15H18N2O5S/c1-3-21-15(18)13-9-16-11-17(13)14(10-22-23(2,19)20)12-7-5-4-6-8-12/h4-9,11,14H,3,10H2,1-2H3. The molecular formula is C15H18N2O5S. The predicted molar refractivity (Wildman–Crippen MR) is 83.6 cm³/mol. The van der Waals surface area contributed by atoms with E-state index in [9.17, 15) is 13.2 Å². The zero-order chi connectivity index (χ0) is 16.9. The van der Waals surface area contributed by atoms with Crippen molar-refractivity contribution in [3.05, 3.63) is 54.1 Å². The molecular weight excluding hydrogens is 320 g/mol. The molecule has 0 fully saturated rings.